The van der Waals surface area contributed by atoms with Crippen LogP contribution in [-0.2, 0) is 4.74 Å². The summed E-state index contributed by atoms with van der Waals surface area (Å²) in [6.45, 7) is 5.09. The first-order valence-electron chi connectivity index (χ1n) is 9.40. The molecule has 28 heavy (non-hydrogen) atoms. The summed E-state index contributed by atoms with van der Waals surface area (Å²) in [5.41, 5.74) is 1.63. The van der Waals surface area contributed by atoms with Crippen LogP contribution < -0.4 is 10.6 Å². The number of hydrogen-bond acceptors (Lipinski definition) is 3. The fraction of sp³-hybridized carbons (Fsp3) is 0.381. The van der Waals surface area contributed by atoms with Crippen LogP contribution >= 0.6 is 0 Å². The molecule has 1 aliphatic heterocycles. The number of morpholine rings is 1. The van der Waals surface area contributed by atoms with E-state index in [0.717, 1.165) is 30.8 Å². The highest BCUT2D eigenvalue weighted by Crippen LogP contribution is 2.21. The lowest BCUT2D eigenvalue weighted by Gasteiger charge is -2.35. The van der Waals surface area contributed by atoms with Gasteiger partial charge in [-0.15, -0.1) is 0 Å². The van der Waals surface area contributed by atoms with Gasteiger partial charge in [0.1, 0.15) is 0 Å². The minimum absolute atomic E-state index is 0.0365. The molecule has 1 saturated heterocycles. The Bertz CT molecular complexity index is 782. The van der Waals surface area contributed by atoms with Crippen LogP contribution in [0.15, 0.2) is 48.5 Å². The molecule has 7 heteroatoms. The molecule has 2 N–H and O–H groups in total. The van der Waals surface area contributed by atoms with E-state index in [1.165, 1.54) is 6.07 Å². The lowest BCUT2D eigenvalue weighted by molar-refractivity contribution is 0.0167. The van der Waals surface area contributed by atoms with Gasteiger partial charge in [0.25, 0.3) is 0 Å². The smallest absolute Gasteiger partial charge is 0.315 e. The summed E-state index contributed by atoms with van der Waals surface area (Å²) in [7, 11) is 0. The summed E-state index contributed by atoms with van der Waals surface area (Å²) in [5.74, 6) is -1.83. The average Bonchev–Trinajstić information content (AvgIpc) is 2.71. The van der Waals surface area contributed by atoms with E-state index in [1.54, 1.807) is 6.92 Å². The molecule has 5 nitrogen and oxygen atoms in total. The van der Waals surface area contributed by atoms with Crippen LogP contribution in [0.25, 0.3) is 0 Å². The Labute approximate surface area is 163 Å². The molecule has 2 unspecified atom stereocenters. The molecule has 0 aliphatic carbocycles. The van der Waals surface area contributed by atoms with Gasteiger partial charge in [0.15, 0.2) is 11.6 Å². The summed E-state index contributed by atoms with van der Waals surface area (Å²) < 4.78 is 31.9. The Morgan fingerprint density at radius 2 is 1.79 bits per heavy atom. The Morgan fingerprint density at radius 3 is 2.46 bits per heavy atom. The quantitative estimate of drug-likeness (QED) is 0.796. The number of ether oxygens (including phenoxy) is 1. The van der Waals surface area contributed by atoms with Crippen molar-refractivity contribution in [3.05, 3.63) is 71.3 Å². The lowest BCUT2D eigenvalue weighted by atomic mass is 10.0. The van der Waals surface area contributed by atoms with Crippen LogP contribution in [0.2, 0.25) is 0 Å². The third-order valence-corrected chi connectivity index (χ3v) is 4.92. The molecule has 150 valence electrons. The van der Waals surface area contributed by atoms with Crippen LogP contribution in [0.3, 0.4) is 0 Å². The van der Waals surface area contributed by atoms with E-state index in [-0.39, 0.29) is 12.1 Å². The first-order valence-corrected chi connectivity index (χ1v) is 9.40. The predicted octanol–water partition coefficient (Wildman–Crippen LogP) is 3.40. The highest BCUT2D eigenvalue weighted by molar-refractivity contribution is 5.74. The second-order valence-corrected chi connectivity index (χ2v) is 6.82. The molecule has 2 aromatic rings. The number of hydrogen-bond donors (Lipinski definition) is 2. The number of halogens is 2. The molecular formula is C21H25F2N3O2. The fourth-order valence-corrected chi connectivity index (χ4v) is 3.32. The standard InChI is InChI=1S/C21H25F2N3O2/c1-15(17-7-8-18(22)19(23)13-17)25-21(27)24-14-20(16-5-3-2-4-6-16)26-9-11-28-12-10-26/h2-8,13,15,20H,9-12,14H2,1H3,(H2,24,25,27). The first kappa shape index (κ1) is 20.2. The molecule has 2 aromatic carbocycles. The molecule has 2 atom stereocenters. The van der Waals surface area contributed by atoms with Crippen molar-refractivity contribution >= 4 is 6.03 Å². The molecule has 0 aromatic heterocycles. The molecule has 3 rings (SSSR count). The third-order valence-electron chi connectivity index (χ3n) is 4.92. The van der Waals surface area contributed by atoms with Crippen LogP contribution in [0.1, 0.15) is 30.1 Å². The van der Waals surface area contributed by atoms with E-state index in [1.807, 2.05) is 30.3 Å². The molecular weight excluding hydrogens is 364 g/mol. The van der Waals surface area contributed by atoms with Gasteiger partial charge in [0.2, 0.25) is 0 Å². The van der Waals surface area contributed by atoms with Crippen molar-refractivity contribution in [1.82, 2.24) is 15.5 Å². The third kappa shape index (κ3) is 5.27. The van der Waals surface area contributed by atoms with Gasteiger partial charge in [-0.3, -0.25) is 4.90 Å². The lowest BCUT2D eigenvalue weighted by Crippen LogP contribution is -2.46. The van der Waals surface area contributed by atoms with E-state index < -0.39 is 17.7 Å². The van der Waals surface area contributed by atoms with Gasteiger partial charge >= 0.3 is 6.03 Å². The number of carbonyl (C=O) groups is 1. The molecule has 2 amide bonds. The van der Waals surface area contributed by atoms with Crippen LogP contribution in [0.4, 0.5) is 13.6 Å². The fourth-order valence-electron chi connectivity index (χ4n) is 3.32. The minimum atomic E-state index is -0.928. The molecule has 0 bridgehead atoms. The Kier molecular flexibility index (Phi) is 6.95. The highest BCUT2D eigenvalue weighted by Gasteiger charge is 2.23. The van der Waals surface area contributed by atoms with Crippen molar-refractivity contribution in [2.75, 3.05) is 32.8 Å². The molecule has 0 spiro atoms. The average molecular weight is 389 g/mol. The van der Waals surface area contributed by atoms with E-state index in [4.69, 9.17) is 4.74 Å². The summed E-state index contributed by atoms with van der Waals surface area (Å²) in [6.07, 6.45) is 0. The summed E-state index contributed by atoms with van der Waals surface area (Å²) in [5, 5.41) is 5.68. The van der Waals surface area contributed by atoms with E-state index in [0.29, 0.717) is 25.3 Å². The second kappa shape index (κ2) is 9.61. The maximum absolute atomic E-state index is 13.4. The summed E-state index contributed by atoms with van der Waals surface area (Å²) in [4.78, 5) is 14.7. The molecule has 1 aliphatic rings. The minimum Gasteiger partial charge on any atom is -0.379 e. The van der Waals surface area contributed by atoms with E-state index in [9.17, 15) is 13.6 Å². The largest absolute Gasteiger partial charge is 0.379 e. The van der Waals surface area contributed by atoms with Crippen molar-refractivity contribution in [1.29, 1.82) is 0 Å². The normalized spacial score (nSPS) is 17.0. The predicted molar refractivity (Wildman–Crippen MR) is 103 cm³/mol. The second-order valence-electron chi connectivity index (χ2n) is 6.82. The number of nitrogens with zero attached hydrogens (tertiary/aromatic N) is 1. The Morgan fingerprint density at radius 1 is 1.07 bits per heavy atom. The van der Waals surface area contributed by atoms with Gasteiger partial charge in [-0.25, -0.2) is 13.6 Å². The SMILES string of the molecule is CC(NC(=O)NCC(c1ccccc1)N1CCOCC1)c1ccc(F)c(F)c1. The summed E-state index contributed by atoms with van der Waals surface area (Å²) >= 11 is 0. The molecule has 0 saturated carbocycles. The van der Waals surface area contributed by atoms with Crippen LogP contribution in [0.5, 0.6) is 0 Å². The maximum atomic E-state index is 13.4. The van der Waals surface area contributed by atoms with Crippen molar-refractivity contribution < 1.29 is 18.3 Å². The number of nitrogens with one attached hydrogen (secondary N) is 2. The number of benzene rings is 2. The van der Waals surface area contributed by atoms with Crippen molar-refractivity contribution in [2.24, 2.45) is 0 Å². The Hall–Kier alpha value is -2.51. The number of carbonyl (C=O) groups excluding carboxylic acids is 1. The van der Waals surface area contributed by atoms with Crippen molar-refractivity contribution in [2.45, 2.75) is 19.0 Å². The van der Waals surface area contributed by atoms with Crippen molar-refractivity contribution in [3.63, 3.8) is 0 Å². The summed E-state index contributed by atoms with van der Waals surface area (Å²) in [6, 6.07) is 12.9. The van der Waals surface area contributed by atoms with Crippen LogP contribution in [-0.4, -0.2) is 43.8 Å². The van der Waals surface area contributed by atoms with Gasteiger partial charge in [0, 0.05) is 19.6 Å². The molecule has 1 fully saturated rings. The van der Waals surface area contributed by atoms with Crippen molar-refractivity contribution in [3.8, 4) is 0 Å². The van der Waals surface area contributed by atoms with Gasteiger partial charge in [-0.2, -0.15) is 0 Å². The number of rotatable bonds is 6. The van der Waals surface area contributed by atoms with Gasteiger partial charge in [-0.1, -0.05) is 36.4 Å². The zero-order valence-electron chi connectivity index (χ0n) is 15.8. The maximum Gasteiger partial charge on any atom is 0.315 e. The Balaban J connectivity index is 1.60. The van der Waals surface area contributed by atoms with Gasteiger partial charge in [0.05, 0.1) is 25.3 Å². The zero-order valence-corrected chi connectivity index (χ0v) is 15.8. The van der Waals surface area contributed by atoms with Gasteiger partial charge < -0.3 is 15.4 Å². The first-order chi connectivity index (χ1) is 13.5. The topological polar surface area (TPSA) is 53.6 Å². The van der Waals surface area contributed by atoms with E-state index >= 15 is 0 Å². The zero-order chi connectivity index (χ0) is 19.9. The van der Waals surface area contributed by atoms with Crippen LogP contribution in [0, 0.1) is 11.6 Å². The van der Waals surface area contributed by atoms with E-state index in [2.05, 4.69) is 15.5 Å². The van der Waals surface area contributed by atoms with Gasteiger partial charge in [-0.05, 0) is 30.2 Å². The number of urea groups is 1. The molecule has 0 radical (unpaired) electrons. The number of amides is 2. The monoisotopic (exact) mass is 389 g/mol. The molecule has 1 heterocycles. The highest BCUT2D eigenvalue weighted by atomic mass is 19.2.